The van der Waals surface area contributed by atoms with Gasteiger partial charge in [-0.1, -0.05) is 36.8 Å². The number of morpholine rings is 1. The topological polar surface area (TPSA) is 50.8 Å². The minimum atomic E-state index is -0.486. The zero-order valence-corrected chi connectivity index (χ0v) is 16.1. The van der Waals surface area contributed by atoms with Crippen LogP contribution in [0, 0.1) is 6.92 Å². The lowest BCUT2D eigenvalue weighted by Crippen LogP contribution is -2.37. The molecule has 5 heteroatoms. The number of carbonyl (C=O) groups is 1. The first-order chi connectivity index (χ1) is 13.2. The summed E-state index contributed by atoms with van der Waals surface area (Å²) >= 11 is 0. The zero-order chi connectivity index (χ0) is 19.1. The van der Waals surface area contributed by atoms with E-state index in [0.717, 1.165) is 37.6 Å². The van der Waals surface area contributed by atoms with Crippen LogP contribution in [0.2, 0.25) is 0 Å². The fraction of sp³-hybridized carbons (Fsp3) is 0.409. The van der Waals surface area contributed by atoms with Gasteiger partial charge in [-0.25, -0.2) is 0 Å². The molecular formula is C22H28N2O3. The molecule has 2 aromatic carbocycles. The van der Waals surface area contributed by atoms with Crippen molar-refractivity contribution in [1.29, 1.82) is 0 Å². The quantitative estimate of drug-likeness (QED) is 0.815. The molecule has 144 valence electrons. The number of nitrogens with one attached hydrogen (secondary N) is 1. The fourth-order valence-electron chi connectivity index (χ4n) is 3.05. The number of aryl methyl sites for hydroxylation is 1. The standard InChI is InChI=1S/C22H28N2O3/c1-3-21(27-20-10-4-17(2)5-11-20)22(25)23-16-18-6-8-19(9-7-18)24-12-14-26-15-13-24/h4-11,21H,3,12-16H2,1-2H3,(H,23,25)/t21-/m1/s1. The Labute approximate surface area is 161 Å². The molecule has 1 N–H and O–H groups in total. The van der Waals surface area contributed by atoms with Crippen LogP contribution in [0.25, 0.3) is 0 Å². The maximum Gasteiger partial charge on any atom is 0.261 e. The van der Waals surface area contributed by atoms with Gasteiger partial charge in [0.15, 0.2) is 6.10 Å². The number of ether oxygens (including phenoxy) is 2. The van der Waals surface area contributed by atoms with Gasteiger partial charge in [0, 0.05) is 25.3 Å². The predicted molar refractivity (Wildman–Crippen MR) is 107 cm³/mol. The van der Waals surface area contributed by atoms with Crippen LogP contribution >= 0.6 is 0 Å². The van der Waals surface area contributed by atoms with Crippen LogP contribution in [0.15, 0.2) is 48.5 Å². The van der Waals surface area contributed by atoms with Crippen LogP contribution in [0.3, 0.4) is 0 Å². The van der Waals surface area contributed by atoms with Crippen molar-refractivity contribution < 1.29 is 14.3 Å². The summed E-state index contributed by atoms with van der Waals surface area (Å²) in [6.07, 6.45) is 0.135. The SMILES string of the molecule is CC[C@@H](Oc1ccc(C)cc1)C(=O)NCc1ccc(N2CCOCC2)cc1. The summed E-state index contributed by atoms with van der Waals surface area (Å²) in [5, 5.41) is 2.98. The van der Waals surface area contributed by atoms with Gasteiger partial charge in [0.25, 0.3) is 5.91 Å². The van der Waals surface area contributed by atoms with E-state index in [4.69, 9.17) is 9.47 Å². The molecule has 0 saturated carbocycles. The van der Waals surface area contributed by atoms with E-state index < -0.39 is 6.10 Å². The molecule has 0 aliphatic carbocycles. The number of rotatable bonds is 7. The highest BCUT2D eigenvalue weighted by Gasteiger charge is 2.18. The normalized spacial score (nSPS) is 15.3. The average molecular weight is 368 g/mol. The van der Waals surface area contributed by atoms with Crippen molar-refractivity contribution in [2.24, 2.45) is 0 Å². The first kappa shape index (κ1) is 19.2. The molecule has 1 aliphatic heterocycles. The molecule has 0 aromatic heterocycles. The molecule has 1 heterocycles. The first-order valence-electron chi connectivity index (χ1n) is 9.58. The summed E-state index contributed by atoms with van der Waals surface area (Å²) in [6, 6.07) is 16.1. The van der Waals surface area contributed by atoms with Gasteiger partial charge in [-0.15, -0.1) is 0 Å². The second-order valence-electron chi connectivity index (χ2n) is 6.81. The summed E-state index contributed by atoms with van der Waals surface area (Å²) < 4.78 is 11.2. The lowest BCUT2D eigenvalue weighted by molar-refractivity contribution is -0.128. The summed E-state index contributed by atoms with van der Waals surface area (Å²) in [6.45, 7) is 7.87. The first-order valence-corrected chi connectivity index (χ1v) is 9.58. The largest absolute Gasteiger partial charge is 0.481 e. The molecule has 0 unspecified atom stereocenters. The summed E-state index contributed by atoms with van der Waals surface area (Å²) in [5.41, 5.74) is 3.44. The highest BCUT2D eigenvalue weighted by atomic mass is 16.5. The van der Waals surface area contributed by atoms with Gasteiger partial charge < -0.3 is 19.7 Å². The second-order valence-corrected chi connectivity index (χ2v) is 6.81. The van der Waals surface area contributed by atoms with Gasteiger partial charge in [-0.3, -0.25) is 4.79 Å². The van der Waals surface area contributed by atoms with Crippen molar-refractivity contribution in [2.75, 3.05) is 31.2 Å². The highest BCUT2D eigenvalue weighted by Crippen LogP contribution is 2.17. The minimum absolute atomic E-state index is 0.0877. The molecule has 0 bridgehead atoms. The molecule has 27 heavy (non-hydrogen) atoms. The number of anilines is 1. The Morgan fingerprint density at radius 2 is 1.78 bits per heavy atom. The van der Waals surface area contributed by atoms with Crippen molar-refractivity contribution in [3.8, 4) is 5.75 Å². The van der Waals surface area contributed by atoms with E-state index in [0.29, 0.717) is 13.0 Å². The van der Waals surface area contributed by atoms with Crippen LogP contribution in [0.4, 0.5) is 5.69 Å². The molecule has 5 nitrogen and oxygen atoms in total. The van der Waals surface area contributed by atoms with E-state index in [2.05, 4.69) is 34.5 Å². The number of carbonyl (C=O) groups excluding carboxylic acids is 1. The van der Waals surface area contributed by atoms with Gasteiger partial charge >= 0.3 is 0 Å². The van der Waals surface area contributed by atoms with Gasteiger partial charge in [0.05, 0.1) is 13.2 Å². The Kier molecular flexibility index (Phi) is 6.71. The van der Waals surface area contributed by atoms with E-state index in [1.54, 1.807) is 0 Å². The third kappa shape index (κ3) is 5.47. The summed E-state index contributed by atoms with van der Waals surface area (Å²) in [5.74, 6) is 0.632. The van der Waals surface area contributed by atoms with Gasteiger partial charge in [0.2, 0.25) is 0 Å². The van der Waals surface area contributed by atoms with Gasteiger partial charge in [-0.05, 0) is 43.2 Å². The maximum absolute atomic E-state index is 12.5. The highest BCUT2D eigenvalue weighted by molar-refractivity contribution is 5.81. The number of hydrogen-bond donors (Lipinski definition) is 1. The van der Waals surface area contributed by atoms with E-state index in [-0.39, 0.29) is 5.91 Å². The molecule has 2 aromatic rings. The fourth-order valence-corrected chi connectivity index (χ4v) is 3.05. The lowest BCUT2D eigenvalue weighted by atomic mass is 10.1. The number of nitrogens with zero attached hydrogens (tertiary/aromatic N) is 1. The van der Waals surface area contributed by atoms with Crippen LogP contribution in [-0.4, -0.2) is 38.3 Å². The average Bonchev–Trinajstić information content (AvgIpc) is 2.72. The van der Waals surface area contributed by atoms with Crippen molar-refractivity contribution in [3.05, 3.63) is 59.7 Å². The van der Waals surface area contributed by atoms with Crippen LogP contribution < -0.4 is 15.0 Å². The second kappa shape index (κ2) is 9.42. The minimum Gasteiger partial charge on any atom is -0.481 e. The predicted octanol–water partition coefficient (Wildman–Crippen LogP) is 3.31. The zero-order valence-electron chi connectivity index (χ0n) is 16.1. The third-order valence-electron chi connectivity index (χ3n) is 4.74. The molecule has 0 radical (unpaired) electrons. The number of benzene rings is 2. The Bertz CT molecular complexity index is 722. The lowest BCUT2D eigenvalue weighted by Gasteiger charge is -2.29. The molecule has 0 spiro atoms. The molecule has 1 aliphatic rings. The molecule has 1 saturated heterocycles. The van der Waals surface area contributed by atoms with E-state index >= 15 is 0 Å². The number of amides is 1. The van der Waals surface area contributed by atoms with Crippen LogP contribution in [0.1, 0.15) is 24.5 Å². The Morgan fingerprint density at radius 3 is 2.41 bits per heavy atom. The molecule has 1 fully saturated rings. The van der Waals surface area contributed by atoms with Gasteiger partial charge in [0.1, 0.15) is 5.75 Å². The van der Waals surface area contributed by atoms with E-state index in [9.17, 15) is 4.79 Å². The smallest absolute Gasteiger partial charge is 0.261 e. The summed E-state index contributed by atoms with van der Waals surface area (Å²) in [7, 11) is 0. The maximum atomic E-state index is 12.5. The molecular weight excluding hydrogens is 340 g/mol. The monoisotopic (exact) mass is 368 g/mol. The summed E-state index contributed by atoms with van der Waals surface area (Å²) in [4.78, 5) is 14.8. The van der Waals surface area contributed by atoms with Crippen molar-refractivity contribution in [2.45, 2.75) is 32.9 Å². The van der Waals surface area contributed by atoms with E-state index in [1.165, 1.54) is 11.3 Å². The van der Waals surface area contributed by atoms with Crippen LogP contribution in [0.5, 0.6) is 5.75 Å². The van der Waals surface area contributed by atoms with Crippen molar-refractivity contribution in [3.63, 3.8) is 0 Å². The van der Waals surface area contributed by atoms with Gasteiger partial charge in [-0.2, -0.15) is 0 Å². The van der Waals surface area contributed by atoms with Crippen molar-refractivity contribution in [1.82, 2.24) is 5.32 Å². The van der Waals surface area contributed by atoms with E-state index in [1.807, 2.05) is 38.1 Å². The molecule has 1 atom stereocenters. The van der Waals surface area contributed by atoms with Crippen molar-refractivity contribution >= 4 is 11.6 Å². The van der Waals surface area contributed by atoms with Crippen LogP contribution in [-0.2, 0) is 16.1 Å². The Hall–Kier alpha value is -2.53. The third-order valence-corrected chi connectivity index (χ3v) is 4.74. The Morgan fingerprint density at radius 1 is 1.11 bits per heavy atom. The number of hydrogen-bond acceptors (Lipinski definition) is 4. The Balaban J connectivity index is 1.51. The molecule has 1 amide bonds. The molecule has 3 rings (SSSR count).